The topological polar surface area (TPSA) is 72.3 Å². The van der Waals surface area contributed by atoms with Crippen molar-refractivity contribution in [3.8, 4) is 0 Å². The molecular weight excluding hydrogens is 224 g/mol. The Morgan fingerprint density at radius 2 is 1.94 bits per heavy atom. The highest BCUT2D eigenvalue weighted by Crippen LogP contribution is 2.28. The first-order chi connectivity index (χ1) is 8.63. The van der Waals surface area contributed by atoms with Gasteiger partial charge in [0.05, 0.1) is 0 Å². The summed E-state index contributed by atoms with van der Waals surface area (Å²) in [5.41, 5.74) is 14.9. The summed E-state index contributed by atoms with van der Waals surface area (Å²) in [6, 6.07) is 10.2. The van der Waals surface area contributed by atoms with Gasteiger partial charge in [-0.25, -0.2) is 0 Å². The second kappa shape index (κ2) is 5.38. The fourth-order valence-corrected chi connectivity index (χ4v) is 2.40. The summed E-state index contributed by atoms with van der Waals surface area (Å²) in [6.45, 7) is 0.116. The molecule has 0 saturated heterocycles. The van der Waals surface area contributed by atoms with Crippen molar-refractivity contribution in [2.75, 3.05) is 6.61 Å². The summed E-state index contributed by atoms with van der Waals surface area (Å²) in [5, 5.41) is 9.04. The van der Waals surface area contributed by atoms with Crippen LogP contribution in [0.3, 0.4) is 0 Å². The van der Waals surface area contributed by atoms with Crippen molar-refractivity contribution in [3.63, 3.8) is 0 Å². The van der Waals surface area contributed by atoms with E-state index in [1.165, 1.54) is 5.56 Å². The summed E-state index contributed by atoms with van der Waals surface area (Å²) in [6.07, 6.45) is 5.95. The molecule has 1 aliphatic rings. The Kier molecular flexibility index (Phi) is 3.84. The maximum absolute atomic E-state index is 9.04. The first-order valence-electron chi connectivity index (χ1n) is 6.23. The lowest BCUT2D eigenvalue weighted by Gasteiger charge is -2.31. The van der Waals surface area contributed by atoms with E-state index in [9.17, 15) is 0 Å². The van der Waals surface area contributed by atoms with Gasteiger partial charge in [-0.1, -0.05) is 36.4 Å². The molecule has 18 heavy (non-hydrogen) atoms. The van der Waals surface area contributed by atoms with Gasteiger partial charge in [0, 0.05) is 17.8 Å². The van der Waals surface area contributed by atoms with Crippen molar-refractivity contribution < 1.29 is 5.11 Å². The Morgan fingerprint density at radius 3 is 2.61 bits per heavy atom. The molecular formula is C15H20N2O. The van der Waals surface area contributed by atoms with Crippen LogP contribution in [0.15, 0.2) is 53.8 Å². The number of aliphatic hydroxyl groups excluding tert-OH is 1. The highest BCUT2D eigenvalue weighted by Gasteiger charge is 2.27. The molecule has 0 spiro atoms. The molecule has 96 valence electrons. The van der Waals surface area contributed by atoms with Crippen molar-refractivity contribution in [1.29, 1.82) is 0 Å². The lowest BCUT2D eigenvalue weighted by molar-refractivity contribution is 0.295. The summed E-state index contributed by atoms with van der Waals surface area (Å²) >= 11 is 0. The van der Waals surface area contributed by atoms with E-state index in [-0.39, 0.29) is 6.61 Å². The smallest absolute Gasteiger partial charge is 0.0469 e. The molecule has 0 heterocycles. The van der Waals surface area contributed by atoms with Crippen LogP contribution >= 0.6 is 0 Å². The van der Waals surface area contributed by atoms with E-state index in [1.807, 2.05) is 30.4 Å². The highest BCUT2D eigenvalue weighted by molar-refractivity contribution is 5.35. The van der Waals surface area contributed by atoms with Crippen LogP contribution in [0.25, 0.3) is 0 Å². The lowest BCUT2D eigenvalue weighted by Crippen LogP contribution is -2.42. The molecule has 1 aliphatic carbocycles. The maximum Gasteiger partial charge on any atom is 0.0469 e. The Balaban J connectivity index is 2.13. The molecule has 0 aliphatic heterocycles. The van der Waals surface area contributed by atoms with E-state index < -0.39 is 5.54 Å². The highest BCUT2D eigenvalue weighted by atomic mass is 16.2. The molecule has 1 aromatic rings. The Morgan fingerprint density at radius 1 is 1.22 bits per heavy atom. The van der Waals surface area contributed by atoms with Crippen LogP contribution in [-0.2, 0) is 6.42 Å². The van der Waals surface area contributed by atoms with Gasteiger partial charge in [0.2, 0.25) is 0 Å². The first-order valence-corrected chi connectivity index (χ1v) is 6.23. The Bertz CT molecular complexity index is 465. The van der Waals surface area contributed by atoms with Crippen LogP contribution in [0.5, 0.6) is 0 Å². The molecule has 0 radical (unpaired) electrons. The maximum atomic E-state index is 9.04. The third-order valence-corrected chi connectivity index (χ3v) is 3.34. The molecule has 1 atom stereocenters. The number of hydrogen-bond acceptors (Lipinski definition) is 3. The molecule has 3 heteroatoms. The lowest BCUT2D eigenvalue weighted by atomic mass is 9.80. The largest absolute Gasteiger partial charge is 0.399 e. The van der Waals surface area contributed by atoms with Crippen LogP contribution < -0.4 is 11.5 Å². The number of allylic oxidation sites excluding steroid dienone is 1. The molecule has 0 fully saturated rings. The zero-order valence-corrected chi connectivity index (χ0v) is 10.5. The number of benzene rings is 1. The standard InChI is InChI=1S/C15H20N2O/c16-14-6-8-15(17,11-13(14)7-9-18)10-12-4-2-1-3-5-12/h1-6,8,18H,7,9-11,16-17H2. The Hall–Kier alpha value is -1.58. The van der Waals surface area contributed by atoms with Crippen molar-refractivity contribution in [3.05, 3.63) is 59.3 Å². The minimum absolute atomic E-state index is 0.116. The normalized spacial score (nSPS) is 23.4. The van der Waals surface area contributed by atoms with Gasteiger partial charge in [-0.05, 0) is 36.5 Å². The molecule has 0 amide bonds. The van der Waals surface area contributed by atoms with E-state index >= 15 is 0 Å². The monoisotopic (exact) mass is 244 g/mol. The number of aliphatic hydroxyl groups is 1. The molecule has 1 aromatic carbocycles. The van der Waals surface area contributed by atoms with E-state index in [4.69, 9.17) is 16.6 Å². The van der Waals surface area contributed by atoms with E-state index in [0.29, 0.717) is 12.8 Å². The third-order valence-electron chi connectivity index (χ3n) is 3.34. The van der Waals surface area contributed by atoms with Gasteiger partial charge < -0.3 is 16.6 Å². The second-order valence-corrected chi connectivity index (χ2v) is 4.94. The number of nitrogens with two attached hydrogens (primary N) is 2. The van der Waals surface area contributed by atoms with Gasteiger partial charge in [-0.15, -0.1) is 0 Å². The molecule has 0 saturated carbocycles. The fraction of sp³-hybridized carbons (Fsp3) is 0.333. The van der Waals surface area contributed by atoms with Gasteiger partial charge in [0.1, 0.15) is 0 Å². The molecule has 0 aromatic heterocycles. The van der Waals surface area contributed by atoms with Gasteiger partial charge >= 0.3 is 0 Å². The van der Waals surface area contributed by atoms with Crippen LogP contribution in [-0.4, -0.2) is 17.3 Å². The first kappa shape index (κ1) is 12.9. The predicted molar refractivity (Wildman–Crippen MR) is 73.7 cm³/mol. The summed E-state index contributed by atoms with van der Waals surface area (Å²) < 4.78 is 0. The van der Waals surface area contributed by atoms with E-state index in [2.05, 4.69) is 12.1 Å². The van der Waals surface area contributed by atoms with Gasteiger partial charge in [0.25, 0.3) is 0 Å². The SMILES string of the molecule is NC1=C(CCO)CC(N)(Cc2ccccc2)C=C1. The summed E-state index contributed by atoms with van der Waals surface area (Å²) in [7, 11) is 0. The van der Waals surface area contributed by atoms with Crippen molar-refractivity contribution in [1.82, 2.24) is 0 Å². The average molecular weight is 244 g/mol. The second-order valence-electron chi connectivity index (χ2n) is 4.94. The van der Waals surface area contributed by atoms with Crippen molar-refractivity contribution >= 4 is 0 Å². The zero-order chi connectivity index (χ0) is 13.0. The van der Waals surface area contributed by atoms with Gasteiger partial charge in [-0.3, -0.25) is 0 Å². The molecule has 3 nitrogen and oxygen atoms in total. The minimum Gasteiger partial charge on any atom is -0.399 e. The van der Waals surface area contributed by atoms with E-state index in [0.717, 1.165) is 17.7 Å². The van der Waals surface area contributed by atoms with Crippen LogP contribution in [0.1, 0.15) is 18.4 Å². The quantitative estimate of drug-likeness (QED) is 0.751. The molecule has 0 bridgehead atoms. The fourth-order valence-electron chi connectivity index (χ4n) is 2.40. The van der Waals surface area contributed by atoms with Gasteiger partial charge in [0.15, 0.2) is 0 Å². The van der Waals surface area contributed by atoms with Crippen LogP contribution in [0.4, 0.5) is 0 Å². The summed E-state index contributed by atoms with van der Waals surface area (Å²) in [5.74, 6) is 0. The van der Waals surface area contributed by atoms with Gasteiger partial charge in [-0.2, -0.15) is 0 Å². The van der Waals surface area contributed by atoms with Crippen molar-refractivity contribution in [2.45, 2.75) is 24.8 Å². The third kappa shape index (κ3) is 3.00. The van der Waals surface area contributed by atoms with E-state index in [1.54, 1.807) is 0 Å². The number of hydrogen-bond donors (Lipinski definition) is 3. The molecule has 5 N–H and O–H groups in total. The zero-order valence-electron chi connectivity index (χ0n) is 10.5. The Labute approximate surface area is 108 Å². The molecule has 1 unspecified atom stereocenters. The average Bonchev–Trinajstić information content (AvgIpc) is 2.36. The predicted octanol–water partition coefficient (Wildman–Crippen LogP) is 1.48. The van der Waals surface area contributed by atoms with Crippen molar-refractivity contribution in [2.24, 2.45) is 11.5 Å². The number of rotatable bonds is 4. The minimum atomic E-state index is -0.394. The summed E-state index contributed by atoms with van der Waals surface area (Å²) in [4.78, 5) is 0. The van der Waals surface area contributed by atoms with Crippen LogP contribution in [0, 0.1) is 0 Å². The van der Waals surface area contributed by atoms with Crippen LogP contribution in [0.2, 0.25) is 0 Å². The molecule has 2 rings (SSSR count).